The third kappa shape index (κ3) is 19.7. The minimum absolute atomic E-state index is 0.147. The molecule has 0 aliphatic carbocycles. The molecule has 4 heteroatoms. The lowest BCUT2D eigenvalue weighted by atomic mass is 10.3. The number of unbranched alkanes of at least 4 members (excludes halogenated alkanes) is 2. The third-order valence-corrected chi connectivity index (χ3v) is 1.82. The number of aliphatic carboxylic acids is 1. The number of nitrogens with two attached hydrogens (primary N) is 1. The Balaban J connectivity index is 0. The number of likely N-dealkylation sites (N-methyl/N-ethyl adjacent to an activating group) is 1. The maximum Gasteiger partial charge on any atom is 0.317 e. The zero-order valence-electron chi connectivity index (χ0n) is 10.3. The van der Waals surface area contributed by atoms with E-state index in [1.165, 1.54) is 19.3 Å². The Morgan fingerprint density at radius 2 is 1.87 bits per heavy atom. The van der Waals surface area contributed by atoms with Gasteiger partial charge in [-0.3, -0.25) is 9.69 Å². The maximum atomic E-state index is 10.0. The van der Waals surface area contributed by atoms with Crippen molar-refractivity contribution in [3.8, 4) is 0 Å². The van der Waals surface area contributed by atoms with Gasteiger partial charge in [0.05, 0.1) is 6.54 Å². The van der Waals surface area contributed by atoms with Gasteiger partial charge in [-0.1, -0.05) is 26.7 Å². The molecule has 0 aromatic rings. The molecule has 0 atom stereocenters. The zero-order chi connectivity index (χ0) is 12.1. The fourth-order valence-electron chi connectivity index (χ4n) is 1.09. The van der Waals surface area contributed by atoms with Crippen molar-refractivity contribution in [1.29, 1.82) is 0 Å². The van der Waals surface area contributed by atoms with Crippen LogP contribution in [0, 0.1) is 0 Å². The second-order valence-electron chi connectivity index (χ2n) is 3.63. The SMILES string of the molecule is CCCCCN.CCCN(C)CC(=O)O. The summed E-state index contributed by atoms with van der Waals surface area (Å²) in [6.07, 6.45) is 4.76. The Morgan fingerprint density at radius 3 is 2.13 bits per heavy atom. The van der Waals surface area contributed by atoms with Gasteiger partial charge in [0, 0.05) is 0 Å². The van der Waals surface area contributed by atoms with Crippen molar-refractivity contribution < 1.29 is 9.90 Å². The highest BCUT2D eigenvalue weighted by Gasteiger charge is 2.00. The molecule has 0 bridgehead atoms. The highest BCUT2D eigenvalue weighted by Crippen LogP contribution is 1.88. The summed E-state index contributed by atoms with van der Waals surface area (Å²) in [6.45, 7) is 6.06. The van der Waals surface area contributed by atoms with Crippen molar-refractivity contribution in [2.75, 3.05) is 26.7 Å². The first-order valence-corrected chi connectivity index (χ1v) is 5.68. The second kappa shape index (κ2) is 13.4. The van der Waals surface area contributed by atoms with Gasteiger partial charge in [-0.2, -0.15) is 0 Å². The average molecular weight is 218 g/mol. The smallest absolute Gasteiger partial charge is 0.317 e. The van der Waals surface area contributed by atoms with E-state index in [9.17, 15) is 4.79 Å². The molecule has 92 valence electrons. The largest absolute Gasteiger partial charge is 0.480 e. The summed E-state index contributed by atoms with van der Waals surface area (Å²) in [5.41, 5.74) is 5.21. The molecule has 15 heavy (non-hydrogen) atoms. The van der Waals surface area contributed by atoms with Crippen molar-refractivity contribution in [2.45, 2.75) is 39.5 Å². The van der Waals surface area contributed by atoms with Gasteiger partial charge in [-0.05, 0) is 33.0 Å². The van der Waals surface area contributed by atoms with Crippen molar-refractivity contribution in [2.24, 2.45) is 5.73 Å². The molecule has 0 saturated heterocycles. The fraction of sp³-hybridized carbons (Fsp3) is 0.909. The number of carboxylic acids is 1. The van der Waals surface area contributed by atoms with Crippen molar-refractivity contribution in [1.82, 2.24) is 4.90 Å². The third-order valence-electron chi connectivity index (χ3n) is 1.82. The van der Waals surface area contributed by atoms with Gasteiger partial charge in [-0.25, -0.2) is 0 Å². The van der Waals surface area contributed by atoms with E-state index in [0.717, 1.165) is 19.5 Å². The fourth-order valence-corrected chi connectivity index (χ4v) is 1.09. The highest BCUT2D eigenvalue weighted by atomic mass is 16.4. The number of carboxylic acid groups (broad SMARTS) is 1. The van der Waals surface area contributed by atoms with Crippen LogP contribution in [-0.2, 0) is 4.79 Å². The zero-order valence-corrected chi connectivity index (χ0v) is 10.3. The molecule has 0 unspecified atom stereocenters. The van der Waals surface area contributed by atoms with Gasteiger partial charge in [0.2, 0.25) is 0 Å². The van der Waals surface area contributed by atoms with Gasteiger partial charge < -0.3 is 10.8 Å². The van der Waals surface area contributed by atoms with E-state index in [1.54, 1.807) is 11.9 Å². The predicted molar refractivity (Wildman–Crippen MR) is 64.0 cm³/mol. The Hall–Kier alpha value is -0.610. The van der Waals surface area contributed by atoms with Crippen molar-refractivity contribution in [3.05, 3.63) is 0 Å². The Morgan fingerprint density at radius 1 is 1.27 bits per heavy atom. The molecule has 0 aromatic carbocycles. The van der Waals surface area contributed by atoms with E-state index >= 15 is 0 Å². The van der Waals surface area contributed by atoms with Gasteiger partial charge in [0.15, 0.2) is 0 Å². The van der Waals surface area contributed by atoms with E-state index in [2.05, 4.69) is 6.92 Å². The van der Waals surface area contributed by atoms with E-state index in [1.807, 2.05) is 6.92 Å². The molecular formula is C11H26N2O2. The summed E-state index contributed by atoms with van der Waals surface area (Å²) < 4.78 is 0. The molecule has 3 N–H and O–H groups in total. The first kappa shape index (κ1) is 16.8. The molecule has 0 saturated carbocycles. The predicted octanol–water partition coefficient (Wildman–Crippen LogP) is 1.55. The van der Waals surface area contributed by atoms with Crippen LogP contribution < -0.4 is 5.73 Å². The summed E-state index contributed by atoms with van der Waals surface area (Å²) >= 11 is 0. The molecule has 0 heterocycles. The van der Waals surface area contributed by atoms with E-state index in [0.29, 0.717) is 0 Å². The monoisotopic (exact) mass is 218 g/mol. The highest BCUT2D eigenvalue weighted by molar-refractivity contribution is 5.68. The quantitative estimate of drug-likeness (QED) is 0.636. The summed E-state index contributed by atoms with van der Waals surface area (Å²) in [5, 5.41) is 8.27. The van der Waals surface area contributed by atoms with Crippen LogP contribution in [0.3, 0.4) is 0 Å². The summed E-state index contributed by atoms with van der Waals surface area (Å²) in [6, 6.07) is 0. The summed E-state index contributed by atoms with van der Waals surface area (Å²) in [5.74, 6) is -0.758. The van der Waals surface area contributed by atoms with Crippen LogP contribution in [0.4, 0.5) is 0 Å². The van der Waals surface area contributed by atoms with Gasteiger partial charge >= 0.3 is 5.97 Å². The number of rotatable bonds is 7. The summed E-state index contributed by atoms with van der Waals surface area (Å²) in [4.78, 5) is 11.8. The number of carbonyl (C=O) groups is 1. The molecule has 0 spiro atoms. The van der Waals surface area contributed by atoms with Crippen LogP contribution in [0.15, 0.2) is 0 Å². The van der Waals surface area contributed by atoms with Gasteiger partial charge in [0.1, 0.15) is 0 Å². The van der Waals surface area contributed by atoms with Crippen molar-refractivity contribution in [3.63, 3.8) is 0 Å². The van der Waals surface area contributed by atoms with E-state index in [4.69, 9.17) is 10.8 Å². The van der Waals surface area contributed by atoms with Gasteiger partial charge in [-0.15, -0.1) is 0 Å². The Bertz CT molecular complexity index is 137. The lowest BCUT2D eigenvalue weighted by molar-refractivity contribution is -0.137. The topological polar surface area (TPSA) is 66.6 Å². The molecule has 0 radical (unpaired) electrons. The van der Waals surface area contributed by atoms with Crippen LogP contribution in [-0.4, -0.2) is 42.7 Å². The first-order chi connectivity index (χ1) is 7.08. The number of nitrogens with zero attached hydrogens (tertiary/aromatic N) is 1. The second-order valence-corrected chi connectivity index (χ2v) is 3.63. The minimum atomic E-state index is -0.758. The van der Waals surface area contributed by atoms with E-state index in [-0.39, 0.29) is 6.54 Å². The van der Waals surface area contributed by atoms with Crippen LogP contribution in [0.25, 0.3) is 0 Å². The lowest BCUT2D eigenvalue weighted by Crippen LogP contribution is -2.26. The molecule has 0 aliphatic rings. The molecule has 0 rings (SSSR count). The normalized spacial score (nSPS) is 9.67. The van der Waals surface area contributed by atoms with Crippen LogP contribution in [0.5, 0.6) is 0 Å². The molecular weight excluding hydrogens is 192 g/mol. The molecule has 0 aromatic heterocycles. The Kier molecular flexibility index (Phi) is 15.0. The molecule has 0 aliphatic heterocycles. The van der Waals surface area contributed by atoms with Crippen LogP contribution in [0.2, 0.25) is 0 Å². The molecule has 0 fully saturated rings. The number of hydrogen-bond donors (Lipinski definition) is 2. The Labute approximate surface area is 93.4 Å². The van der Waals surface area contributed by atoms with Gasteiger partial charge in [0.25, 0.3) is 0 Å². The van der Waals surface area contributed by atoms with E-state index < -0.39 is 5.97 Å². The van der Waals surface area contributed by atoms with Crippen LogP contribution in [0.1, 0.15) is 39.5 Å². The number of hydrogen-bond acceptors (Lipinski definition) is 3. The van der Waals surface area contributed by atoms with Crippen molar-refractivity contribution >= 4 is 5.97 Å². The lowest BCUT2D eigenvalue weighted by Gasteiger charge is -2.10. The minimum Gasteiger partial charge on any atom is -0.480 e. The summed E-state index contributed by atoms with van der Waals surface area (Å²) in [7, 11) is 1.80. The molecule has 4 nitrogen and oxygen atoms in total. The maximum absolute atomic E-state index is 10.0. The first-order valence-electron chi connectivity index (χ1n) is 5.68. The average Bonchev–Trinajstić information content (AvgIpc) is 2.15. The van der Waals surface area contributed by atoms with Crippen LogP contribution >= 0.6 is 0 Å². The molecule has 0 amide bonds. The standard InChI is InChI=1S/C6H13NO2.C5H13N/c1-3-4-7(2)5-6(8)9;1-2-3-4-5-6/h3-5H2,1-2H3,(H,8,9);2-6H2,1H3.